The van der Waals surface area contributed by atoms with Crippen molar-refractivity contribution in [2.75, 3.05) is 0 Å². The van der Waals surface area contributed by atoms with Crippen molar-refractivity contribution in [1.29, 1.82) is 0 Å². The van der Waals surface area contributed by atoms with E-state index in [1.165, 1.54) is 0 Å². The first-order valence-corrected chi connectivity index (χ1v) is 6.92. The predicted octanol–water partition coefficient (Wildman–Crippen LogP) is 3.04. The van der Waals surface area contributed by atoms with E-state index >= 15 is 0 Å². The highest BCUT2D eigenvalue weighted by Crippen LogP contribution is 2.19. The first-order valence-electron chi connectivity index (χ1n) is 5.38. The van der Waals surface area contributed by atoms with Gasteiger partial charge in [0.2, 0.25) is 0 Å². The van der Waals surface area contributed by atoms with E-state index in [1.807, 2.05) is 6.07 Å². The number of benzene rings is 1. The van der Waals surface area contributed by atoms with Gasteiger partial charge in [0, 0.05) is 0 Å². The van der Waals surface area contributed by atoms with Crippen LogP contribution in [0.2, 0.25) is 0 Å². The summed E-state index contributed by atoms with van der Waals surface area (Å²) >= 11 is 0. The summed E-state index contributed by atoms with van der Waals surface area (Å²) in [6.45, 7) is 3.86. The van der Waals surface area contributed by atoms with Crippen molar-refractivity contribution in [3.05, 3.63) is 30.3 Å². The molecular formula is C12H18O2S. The molecule has 1 rings (SSSR count). The Morgan fingerprint density at radius 1 is 1.20 bits per heavy atom. The maximum Gasteiger partial charge on any atom is 0.180 e. The largest absolute Gasteiger partial charge is 0.223 e. The van der Waals surface area contributed by atoms with E-state index in [0.29, 0.717) is 4.90 Å². The van der Waals surface area contributed by atoms with Gasteiger partial charge in [0.05, 0.1) is 10.1 Å². The second-order valence-corrected chi connectivity index (χ2v) is 6.18. The van der Waals surface area contributed by atoms with Gasteiger partial charge in [0.15, 0.2) is 9.84 Å². The first kappa shape index (κ1) is 12.2. The van der Waals surface area contributed by atoms with Gasteiger partial charge in [-0.05, 0) is 25.5 Å². The third kappa shape index (κ3) is 3.06. The van der Waals surface area contributed by atoms with Gasteiger partial charge in [0.1, 0.15) is 0 Å². The predicted molar refractivity (Wildman–Crippen MR) is 62.6 cm³/mol. The summed E-state index contributed by atoms with van der Waals surface area (Å²) in [6, 6.07) is 8.68. The SMILES string of the molecule is CCCCC(C)S(=O)(=O)c1ccccc1. The van der Waals surface area contributed by atoms with Crippen LogP contribution in [0.1, 0.15) is 33.1 Å². The summed E-state index contributed by atoms with van der Waals surface area (Å²) in [5, 5.41) is -0.278. The molecule has 0 aromatic heterocycles. The topological polar surface area (TPSA) is 34.1 Å². The average molecular weight is 226 g/mol. The molecule has 0 aliphatic heterocycles. The highest BCUT2D eigenvalue weighted by Gasteiger charge is 2.21. The number of hydrogen-bond acceptors (Lipinski definition) is 2. The van der Waals surface area contributed by atoms with Gasteiger partial charge in [-0.25, -0.2) is 8.42 Å². The zero-order valence-electron chi connectivity index (χ0n) is 9.31. The molecule has 84 valence electrons. The molecular weight excluding hydrogens is 208 g/mol. The van der Waals surface area contributed by atoms with E-state index in [-0.39, 0.29) is 5.25 Å². The van der Waals surface area contributed by atoms with Crippen LogP contribution < -0.4 is 0 Å². The lowest BCUT2D eigenvalue weighted by molar-refractivity contribution is 0.571. The van der Waals surface area contributed by atoms with Crippen LogP contribution in [0, 0.1) is 0 Å². The van der Waals surface area contributed by atoms with Crippen LogP contribution in [0.3, 0.4) is 0 Å². The third-order valence-corrected chi connectivity index (χ3v) is 4.79. The molecule has 2 nitrogen and oxygen atoms in total. The van der Waals surface area contributed by atoms with Gasteiger partial charge < -0.3 is 0 Å². The fourth-order valence-electron chi connectivity index (χ4n) is 1.49. The van der Waals surface area contributed by atoms with E-state index in [9.17, 15) is 8.42 Å². The van der Waals surface area contributed by atoms with Gasteiger partial charge in [-0.1, -0.05) is 38.0 Å². The number of sulfone groups is 1. The Kier molecular flexibility index (Phi) is 4.33. The van der Waals surface area contributed by atoms with Gasteiger partial charge in [-0.15, -0.1) is 0 Å². The Labute approximate surface area is 92.2 Å². The number of rotatable bonds is 5. The summed E-state index contributed by atoms with van der Waals surface area (Å²) in [5.41, 5.74) is 0. The molecule has 0 amide bonds. The quantitative estimate of drug-likeness (QED) is 0.773. The molecule has 0 bridgehead atoms. The molecule has 0 spiro atoms. The molecule has 1 atom stereocenters. The Morgan fingerprint density at radius 2 is 1.80 bits per heavy atom. The molecule has 0 saturated heterocycles. The lowest BCUT2D eigenvalue weighted by Crippen LogP contribution is -2.17. The molecule has 0 N–H and O–H groups in total. The lowest BCUT2D eigenvalue weighted by atomic mass is 10.2. The molecule has 1 aromatic carbocycles. The van der Waals surface area contributed by atoms with Crippen LogP contribution in [-0.4, -0.2) is 13.7 Å². The molecule has 1 aromatic rings. The van der Waals surface area contributed by atoms with E-state index < -0.39 is 9.84 Å². The fourth-order valence-corrected chi connectivity index (χ4v) is 2.97. The zero-order valence-corrected chi connectivity index (χ0v) is 10.1. The van der Waals surface area contributed by atoms with E-state index in [2.05, 4.69) is 6.92 Å². The number of unbranched alkanes of at least 4 members (excludes halogenated alkanes) is 1. The van der Waals surface area contributed by atoms with Crippen LogP contribution in [-0.2, 0) is 9.84 Å². The second-order valence-electron chi connectivity index (χ2n) is 3.81. The molecule has 0 aliphatic rings. The second kappa shape index (κ2) is 5.31. The van der Waals surface area contributed by atoms with Crippen molar-refractivity contribution in [3.63, 3.8) is 0 Å². The van der Waals surface area contributed by atoms with Crippen LogP contribution in [0.5, 0.6) is 0 Å². The smallest absolute Gasteiger partial charge is 0.180 e. The maximum atomic E-state index is 12.0. The van der Waals surface area contributed by atoms with Crippen molar-refractivity contribution in [1.82, 2.24) is 0 Å². The van der Waals surface area contributed by atoms with E-state index in [4.69, 9.17) is 0 Å². The Hall–Kier alpha value is -0.830. The summed E-state index contributed by atoms with van der Waals surface area (Å²) in [4.78, 5) is 0.439. The minimum atomic E-state index is -3.11. The zero-order chi connectivity index (χ0) is 11.3. The van der Waals surface area contributed by atoms with Crippen molar-refractivity contribution < 1.29 is 8.42 Å². The van der Waals surface area contributed by atoms with Crippen molar-refractivity contribution in [2.45, 2.75) is 43.3 Å². The molecule has 15 heavy (non-hydrogen) atoms. The van der Waals surface area contributed by atoms with Crippen LogP contribution in [0.25, 0.3) is 0 Å². The van der Waals surface area contributed by atoms with Crippen molar-refractivity contribution in [2.24, 2.45) is 0 Å². The summed E-state index contributed by atoms with van der Waals surface area (Å²) in [7, 11) is -3.11. The number of hydrogen-bond donors (Lipinski definition) is 0. The Balaban J connectivity index is 2.84. The van der Waals surface area contributed by atoms with Gasteiger partial charge in [0.25, 0.3) is 0 Å². The summed E-state index contributed by atoms with van der Waals surface area (Å²) in [5.74, 6) is 0. The lowest BCUT2D eigenvalue weighted by Gasteiger charge is -2.12. The van der Waals surface area contributed by atoms with Gasteiger partial charge in [-0.3, -0.25) is 0 Å². The monoisotopic (exact) mass is 226 g/mol. The van der Waals surface area contributed by atoms with Gasteiger partial charge in [-0.2, -0.15) is 0 Å². The normalized spacial score (nSPS) is 13.7. The Morgan fingerprint density at radius 3 is 2.33 bits per heavy atom. The molecule has 0 aliphatic carbocycles. The Bertz CT molecular complexity index is 381. The minimum Gasteiger partial charge on any atom is -0.223 e. The van der Waals surface area contributed by atoms with Crippen LogP contribution >= 0.6 is 0 Å². The molecule has 0 heterocycles. The molecule has 0 fully saturated rings. The molecule has 0 radical (unpaired) electrons. The van der Waals surface area contributed by atoms with Crippen molar-refractivity contribution in [3.8, 4) is 0 Å². The summed E-state index contributed by atoms with van der Waals surface area (Å²) in [6.07, 6.45) is 2.75. The third-order valence-electron chi connectivity index (χ3n) is 2.57. The van der Waals surface area contributed by atoms with Crippen LogP contribution in [0.15, 0.2) is 35.2 Å². The summed E-state index contributed by atoms with van der Waals surface area (Å²) < 4.78 is 24.1. The van der Waals surface area contributed by atoms with Crippen molar-refractivity contribution >= 4 is 9.84 Å². The molecule has 3 heteroatoms. The minimum absolute atomic E-state index is 0.278. The molecule has 0 saturated carbocycles. The maximum absolute atomic E-state index is 12.0. The molecule has 1 unspecified atom stereocenters. The highest BCUT2D eigenvalue weighted by molar-refractivity contribution is 7.92. The van der Waals surface area contributed by atoms with Crippen LogP contribution in [0.4, 0.5) is 0 Å². The fraction of sp³-hybridized carbons (Fsp3) is 0.500. The standard InChI is InChI=1S/C12H18O2S/c1-3-4-8-11(2)15(13,14)12-9-6-5-7-10-12/h5-7,9-11H,3-4,8H2,1-2H3. The van der Waals surface area contributed by atoms with Gasteiger partial charge >= 0.3 is 0 Å². The highest BCUT2D eigenvalue weighted by atomic mass is 32.2. The van der Waals surface area contributed by atoms with E-state index in [1.54, 1.807) is 31.2 Å². The average Bonchev–Trinajstić information content (AvgIpc) is 2.27. The first-order chi connectivity index (χ1) is 7.09. The van der Waals surface area contributed by atoms with E-state index in [0.717, 1.165) is 19.3 Å².